The summed E-state index contributed by atoms with van der Waals surface area (Å²) in [7, 11) is 0. The van der Waals surface area contributed by atoms with Crippen LogP contribution in [0.3, 0.4) is 0 Å². The van der Waals surface area contributed by atoms with Crippen molar-refractivity contribution in [3.63, 3.8) is 0 Å². The van der Waals surface area contributed by atoms with Gasteiger partial charge in [-0.25, -0.2) is 4.98 Å². The maximum absolute atomic E-state index is 13.7. The highest BCUT2D eigenvalue weighted by Crippen LogP contribution is 2.36. The predicted molar refractivity (Wildman–Crippen MR) is 137 cm³/mol. The standard InChI is InChI=1S/C25H22ClN3O2S2/c1-2-15-6-3-4-8-19(15)27-21(30)14-32-25-28-23-22(18-7-5-9-20(18)33-23)24(31)29(25)17-12-10-16(26)11-13-17/h3-4,6,8,10-13H,2,5,7,9,14H2,1H3,(H,27,30). The lowest BCUT2D eigenvalue weighted by atomic mass is 10.1. The molecule has 4 aromatic rings. The van der Waals surface area contributed by atoms with Crippen LogP contribution in [0, 0.1) is 0 Å². The van der Waals surface area contributed by atoms with E-state index in [1.54, 1.807) is 28.0 Å². The minimum absolute atomic E-state index is 0.0824. The zero-order chi connectivity index (χ0) is 22.9. The third kappa shape index (κ3) is 4.33. The first-order valence-corrected chi connectivity index (χ1v) is 13.1. The third-order valence-electron chi connectivity index (χ3n) is 5.80. The van der Waals surface area contributed by atoms with Gasteiger partial charge in [-0.3, -0.25) is 14.2 Å². The normalized spacial score (nSPS) is 12.8. The molecule has 1 amide bonds. The summed E-state index contributed by atoms with van der Waals surface area (Å²) in [5, 5.41) is 4.81. The number of halogens is 1. The van der Waals surface area contributed by atoms with Crippen molar-refractivity contribution in [1.82, 2.24) is 9.55 Å². The number of hydrogen-bond donors (Lipinski definition) is 1. The Labute approximate surface area is 204 Å². The van der Waals surface area contributed by atoms with Gasteiger partial charge in [-0.2, -0.15) is 0 Å². The Balaban J connectivity index is 1.50. The first kappa shape index (κ1) is 22.2. The third-order valence-corrected chi connectivity index (χ3v) is 8.17. The number of para-hydroxylation sites is 1. The summed E-state index contributed by atoms with van der Waals surface area (Å²) < 4.78 is 1.61. The van der Waals surface area contributed by atoms with E-state index in [0.29, 0.717) is 21.3 Å². The number of benzene rings is 2. The van der Waals surface area contributed by atoms with E-state index in [-0.39, 0.29) is 17.2 Å². The minimum atomic E-state index is -0.133. The van der Waals surface area contributed by atoms with Gasteiger partial charge in [-0.15, -0.1) is 11.3 Å². The van der Waals surface area contributed by atoms with Crippen molar-refractivity contribution in [2.75, 3.05) is 11.1 Å². The maximum Gasteiger partial charge on any atom is 0.267 e. The number of thioether (sulfide) groups is 1. The van der Waals surface area contributed by atoms with Crippen LogP contribution >= 0.6 is 34.7 Å². The van der Waals surface area contributed by atoms with E-state index in [1.165, 1.54) is 16.6 Å². The average Bonchev–Trinajstić information content (AvgIpc) is 3.40. The van der Waals surface area contributed by atoms with Gasteiger partial charge in [-0.05, 0) is 67.1 Å². The van der Waals surface area contributed by atoms with E-state index in [9.17, 15) is 9.59 Å². The van der Waals surface area contributed by atoms with Crippen LogP contribution in [0.15, 0.2) is 58.5 Å². The van der Waals surface area contributed by atoms with E-state index in [0.717, 1.165) is 47.3 Å². The van der Waals surface area contributed by atoms with Crippen molar-refractivity contribution in [3.8, 4) is 5.69 Å². The molecule has 1 N–H and O–H groups in total. The molecule has 0 atom stereocenters. The highest BCUT2D eigenvalue weighted by Gasteiger charge is 2.24. The Hall–Kier alpha value is -2.61. The summed E-state index contributed by atoms with van der Waals surface area (Å²) in [6.07, 6.45) is 3.82. The van der Waals surface area contributed by atoms with E-state index in [1.807, 2.05) is 36.4 Å². The summed E-state index contributed by atoms with van der Waals surface area (Å²) in [5.41, 5.74) is 3.65. The molecule has 2 aromatic carbocycles. The van der Waals surface area contributed by atoms with Gasteiger partial charge < -0.3 is 5.32 Å². The lowest BCUT2D eigenvalue weighted by molar-refractivity contribution is -0.113. The number of aromatic nitrogens is 2. The van der Waals surface area contributed by atoms with Crippen molar-refractivity contribution in [2.45, 2.75) is 37.8 Å². The minimum Gasteiger partial charge on any atom is -0.325 e. The average molecular weight is 496 g/mol. The summed E-state index contributed by atoms with van der Waals surface area (Å²) in [5.74, 6) is 0.0147. The smallest absolute Gasteiger partial charge is 0.267 e. The van der Waals surface area contributed by atoms with Crippen LogP contribution in [0.25, 0.3) is 15.9 Å². The van der Waals surface area contributed by atoms with Crippen LogP contribution in [-0.2, 0) is 24.1 Å². The zero-order valence-electron chi connectivity index (χ0n) is 18.1. The second-order valence-electron chi connectivity index (χ2n) is 7.90. The van der Waals surface area contributed by atoms with Gasteiger partial charge >= 0.3 is 0 Å². The molecule has 0 saturated heterocycles. The molecule has 1 aliphatic carbocycles. The lowest BCUT2D eigenvalue weighted by Crippen LogP contribution is -2.23. The van der Waals surface area contributed by atoms with E-state index >= 15 is 0 Å². The number of rotatable bonds is 6. The summed E-state index contributed by atoms with van der Waals surface area (Å²) in [4.78, 5) is 33.3. The van der Waals surface area contributed by atoms with Crippen LogP contribution in [0.1, 0.15) is 29.3 Å². The van der Waals surface area contributed by atoms with E-state index < -0.39 is 0 Å². The van der Waals surface area contributed by atoms with Crippen molar-refractivity contribution in [2.24, 2.45) is 0 Å². The first-order chi connectivity index (χ1) is 16.0. The molecule has 5 rings (SSSR count). The molecule has 0 saturated carbocycles. The maximum atomic E-state index is 13.7. The molecule has 0 radical (unpaired) electrons. The monoisotopic (exact) mass is 495 g/mol. The second-order valence-corrected chi connectivity index (χ2v) is 10.4. The Morgan fingerprint density at radius 1 is 1.18 bits per heavy atom. The quantitative estimate of drug-likeness (QED) is 0.268. The van der Waals surface area contributed by atoms with Gasteiger partial charge in [0, 0.05) is 15.6 Å². The summed E-state index contributed by atoms with van der Waals surface area (Å²) in [6.45, 7) is 2.06. The molecule has 2 aromatic heterocycles. The topological polar surface area (TPSA) is 64.0 Å². The molecule has 8 heteroatoms. The Bertz CT molecular complexity index is 1410. The number of amides is 1. The second kappa shape index (κ2) is 9.33. The molecule has 1 aliphatic rings. The molecule has 33 heavy (non-hydrogen) atoms. The molecule has 0 unspecified atom stereocenters. The number of carbonyl (C=O) groups is 1. The Morgan fingerprint density at radius 2 is 1.97 bits per heavy atom. The fourth-order valence-electron chi connectivity index (χ4n) is 4.21. The molecule has 0 bridgehead atoms. The number of aryl methyl sites for hydroxylation is 3. The zero-order valence-corrected chi connectivity index (χ0v) is 20.4. The van der Waals surface area contributed by atoms with Crippen molar-refractivity contribution in [1.29, 1.82) is 0 Å². The molecular weight excluding hydrogens is 474 g/mol. The molecule has 2 heterocycles. The van der Waals surface area contributed by atoms with Crippen molar-refractivity contribution in [3.05, 3.63) is 79.9 Å². The van der Waals surface area contributed by atoms with Crippen LogP contribution < -0.4 is 10.9 Å². The number of carbonyl (C=O) groups excluding carboxylic acids is 1. The molecule has 0 spiro atoms. The number of anilines is 1. The van der Waals surface area contributed by atoms with Gasteiger partial charge in [0.15, 0.2) is 5.16 Å². The van der Waals surface area contributed by atoms with Crippen LogP contribution in [0.2, 0.25) is 5.02 Å². The molecule has 0 aliphatic heterocycles. The fourth-order valence-corrected chi connectivity index (χ4v) is 6.45. The number of nitrogens with zero attached hydrogens (tertiary/aromatic N) is 2. The van der Waals surface area contributed by atoms with Crippen molar-refractivity contribution < 1.29 is 4.79 Å². The Kier molecular flexibility index (Phi) is 6.27. The Morgan fingerprint density at radius 3 is 2.76 bits per heavy atom. The number of fused-ring (bicyclic) bond motifs is 3. The molecule has 0 fully saturated rings. The highest BCUT2D eigenvalue weighted by molar-refractivity contribution is 7.99. The summed E-state index contributed by atoms with van der Waals surface area (Å²) >= 11 is 8.95. The van der Waals surface area contributed by atoms with Gasteiger partial charge in [0.2, 0.25) is 5.91 Å². The SMILES string of the molecule is CCc1ccccc1NC(=O)CSc1nc2sc3c(c2c(=O)n1-c1ccc(Cl)cc1)CCC3. The fraction of sp³-hybridized carbons (Fsp3) is 0.240. The molecular formula is C25H22ClN3O2S2. The van der Waals surface area contributed by atoms with Gasteiger partial charge in [0.25, 0.3) is 5.56 Å². The van der Waals surface area contributed by atoms with Gasteiger partial charge in [0.05, 0.1) is 16.8 Å². The van der Waals surface area contributed by atoms with E-state index in [4.69, 9.17) is 16.6 Å². The largest absolute Gasteiger partial charge is 0.325 e. The lowest BCUT2D eigenvalue weighted by Gasteiger charge is -2.13. The molecule has 5 nitrogen and oxygen atoms in total. The van der Waals surface area contributed by atoms with Crippen LogP contribution in [-0.4, -0.2) is 21.2 Å². The first-order valence-electron chi connectivity index (χ1n) is 10.9. The van der Waals surface area contributed by atoms with Crippen LogP contribution in [0.4, 0.5) is 5.69 Å². The van der Waals surface area contributed by atoms with Gasteiger partial charge in [0.1, 0.15) is 4.83 Å². The van der Waals surface area contributed by atoms with Gasteiger partial charge in [-0.1, -0.05) is 48.5 Å². The number of nitrogens with one attached hydrogen (secondary N) is 1. The number of hydrogen-bond acceptors (Lipinski definition) is 5. The summed E-state index contributed by atoms with van der Waals surface area (Å²) in [6, 6.07) is 14.9. The number of thiophene rings is 1. The van der Waals surface area contributed by atoms with E-state index in [2.05, 4.69) is 12.2 Å². The highest BCUT2D eigenvalue weighted by atomic mass is 35.5. The molecule has 168 valence electrons. The van der Waals surface area contributed by atoms with Crippen LogP contribution in [0.5, 0.6) is 0 Å². The predicted octanol–water partition coefficient (Wildman–Crippen LogP) is 5.88. The van der Waals surface area contributed by atoms with Crippen molar-refractivity contribution >= 4 is 56.5 Å².